The molecule has 2 aromatic carbocycles. The van der Waals surface area contributed by atoms with Gasteiger partial charge in [-0.2, -0.15) is 0 Å². The number of hydrogen-bond acceptors (Lipinski definition) is 3. The van der Waals surface area contributed by atoms with Crippen molar-refractivity contribution in [2.75, 3.05) is 7.05 Å². The van der Waals surface area contributed by atoms with Crippen LogP contribution in [0.15, 0.2) is 35.2 Å². The molecular weight excluding hydrogens is 313 g/mol. The van der Waals surface area contributed by atoms with Crippen LogP contribution in [0.3, 0.4) is 0 Å². The molecule has 0 radical (unpaired) electrons. The second kappa shape index (κ2) is 7.51. The minimum atomic E-state index is -0.443. The zero-order valence-corrected chi connectivity index (χ0v) is 14.3. The average Bonchev–Trinajstić information content (AvgIpc) is 2.51. The minimum absolute atomic E-state index is 0.0710. The van der Waals surface area contributed by atoms with Crippen molar-refractivity contribution in [2.24, 2.45) is 0 Å². The van der Waals surface area contributed by atoms with Crippen LogP contribution >= 0.6 is 12.6 Å². The summed E-state index contributed by atoms with van der Waals surface area (Å²) >= 11 is 4.19. The molecule has 0 unspecified atom stereocenters. The molecule has 0 aliphatic heterocycles. The third-order valence-corrected chi connectivity index (χ3v) is 4.24. The van der Waals surface area contributed by atoms with Crippen LogP contribution in [0.2, 0.25) is 0 Å². The molecular formula is C18H20FNO2S. The van der Waals surface area contributed by atoms with Crippen molar-refractivity contribution in [1.82, 2.24) is 5.32 Å². The smallest absolute Gasteiger partial charge is 0.224 e. The first-order chi connectivity index (χ1) is 10.9. The van der Waals surface area contributed by atoms with Crippen LogP contribution in [-0.4, -0.2) is 13.0 Å². The Bertz CT molecular complexity index is 731. The first kappa shape index (κ1) is 17.3. The van der Waals surface area contributed by atoms with Gasteiger partial charge in [0.05, 0.1) is 6.42 Å². The number of benzene rings is 2. The summed E-state index contributed by atoms with van der Waals surface area (Å²) < 4.78 is 19.6. The van der Waals surface area contributed by atoms with Gasteiger partial charge in [-0.15, -0.1) is 12.6 Å². The Morgan fingerprint density at radius 1 is 1.26 bits per heavy atom. The van der Waals surface area contributed by atoms with Crippen LogP contribution in [0.5, 0.6) is 5.75 Å². The summed E-state index contributed by atoms with van der Waals surface area (Å²) in [7, 11) is 1.60. The van der Waals surface area contributed by atoms with Gasteiger partial charge in [0.1, 0.15) is 6.61 Å². The van der Waals surface area contributed by atoms with Gasteiger partial charge in [-0.05, 0) is 48.2 Å². The Morgan fingerprint density at radius 2 is 2.00 bits per heavy atom. The van der Waals surface area contributed by atoms with Gasteiger partial charge in [-0.1, -0.05) is 18.2 Å². The fourth-order valence-electron chi connectivity index (χ4n) is 2.30. The van der Waals surface area contributed by atoms with E-state index in [4.69, 9.17) is 4.74 Å². The Labute approximate surface area is 141 Å². The van der Waals surface area contributed by atoms with E-state index in [2.05, 4.69) is 17.9 Å². The molecule has 5 heteroatoms. The average molecular weight is 333 g/mol. The standard InChI is InChI=1S/C18H20FNO2S/c1-11-5-4-6-13(8-18(21)20-3)14(11)10-22-16-7-12(2)17(23)9-15(16)19/h4-7,9,23H,8,10H2,1-3H3,(H,20,21). The predicted octanol–water partition coefficient (Wildman–Crippen LogP) is 3.60. The monoisotopic (exact) mass is 333 g/mol. The molecule has 0 aliphatic rings. The van der Waals surface area contributed by atoms with Gasteiger partial charge in [0.25, 0.3) is 0 Å². The van der Waals surface area contributed by atoms with Gasteiger partial charge in [-0.25, -0.2) is 4.39 Å². The first-order valence-electron chi connectivity index (χ1n) is 7.32. The highest BCUT2D eigenvalue weighted by Crippen LogP contribution is 2.26. The van der Waals surface area contributed by atoms with Crippen molar-refractivity contribution >= 4 is 18.5 Å². The van der Waals surface area contributed by atoms with Gasteiger partial charge in [0.2, 0.25) is 5.91 Å². The van der Waals surface area contributed by atoms with E-state index >= 15 is 0 Å². The number of ether oxygens (including phenoxy) is 1. The second-order valence-electron chi connectivity index (χ2n) is 5.42. The highest BCUT2D eigenvalue weighted by atomic mass is 32.1. The molecule has 3 nitrogen and oxygen atoms in total. The maximum Gasteiger partial charge on any atom is 0.224 e. The van der Waals surface area contributed by atoms with Crippen LogP contribution in [0.1, 0.15) is 22.3 Å². The third-order valence-electron chi connectivity index (χ3n) is 3.76. The van der Waals surface area contributed by atoms with Crippen molar-refractivity contribution in [3.63, 3.8) is 0 Å². The fraction of sp³-hybridized carbons (Fsp3) is 0.278. The normalized spacial score (nSPS) is 10.5. The number of amides is 1. The summed E-state index contributed by atoms with van der Waals surface area (Å²) in [6.07, 6.45) is 0.272. The highest BCUT2D eigenvalue weighted by molar-refractivity contribution is 7.80. The topological polar surface area (TPSA) is 38.3 Å². The number of thiol groups is 1. The van der Waals surface area contributed by atoms with E-state index in [0.717, 1.165) is 22.3 Å². The van der Waals surface area contributed by atoms with Crippen LogP contribution in [0.4, 0.5) is 4.39 Å². The van der Waals surface area contributed by atoms with Gasteiger partial charge in [0, 0.05) is 11.9 Å². The van der Waals surface area contributed by atoms with Crippen molar-refractivity contribution in [1.29, 1.82) is 0 Å². The molecule has 1 amide bonds. The first-order valence-corrected chi connectivity index (χ1v) is 7.77. The van der Waals surface area contributed by atoms with Crippen molar-refractivity contribution < 1.29 is 13.9 Å². The summed E-state index contributed by atoms with van der Waals surface area (Å²) in [6.45, 7) is 4.01. The summed E-state index contributed by atoms with van der Waals surface area (Å²) in [4.78, 5) is 12.2. The molecule has 122 valence electrons. The lowest BCUT2D eigenvalue weighted by molar-refractivity contribution is -0.119. The molecule has 0 saturated heterocycles. The van der Waals surface area contributed by atoms with E-state index in [0.29, 0.717) is 4.90 Å². The predicted molar refractivity (Wildman–Crippen MR) is 91.7 cm³/mol. The molecule has 0 spiro atoms. The quantitative estimate of drug-likeness (QED) is 0.821. The number of aryl methyl sites for hydroxylation is 2. The Kier molecular flexibility index (Phi) is 5.66. The van der Waals surface area contributed by atoms with Crippen molar-refractivity contribution in [2.45, 2.75) is 31.8 Å². The summed E-state index contributed by atoms with van der Waals surface area (Å²) in [5, 5.41) is 2.61. The summed E-state index contributed by atoms with van der Waals surface area (Å²) in [6, 6.07) is 8.72. The Morgan fingerprint density at radius 3 is 2.70 bits per heavy atom. The lowest BCUT2D eigenvalue weighted by Gasteiger charge is -2.14. The molecule has 23 heavy (non-hydrogen) atoms. The van der Waals surface area contributed by atoms with Crippen molar-refractivity contribution in [3.05, 3.63) is 58.4 Å². The lowest BCUT2D eigenvalue weighted by Crippen LogP contribution is -2.21. The molecule has 0 bridgehead atoms. The van der Waals surface area contributed by atoms with Crippen LogP contribution in [0.25, 0.3) is 0 Å². The Balaban J connectivity index is 2.23. The fourth-order valence-corrected chi connectivity index (χ4v) is 2.48. The number of hydrogen-bond donors (Lipinski definition) is 2. The number of carbonyl (C=O) groups excluding carboxylic acids is 1. The summed E-state index contributed by atoms with van der Waals surface area (Å²) in [5.74, 6) is -0.324. The maximum atomic E-state index is 14.0. The van der Waals surface area contributed by atoms with Crippen LogP contribution in [0, 0.1) is 19.7 Å². The molecule has 2 aromatic rings. The maximum absolute atomic E-state index is 14.0. The largest absolute Gasteiger partial charge is 0.486 e. The molecule has 0 fully saturated rings. The minimum Gasteiger partial charge on any atom is -0.486 e. The zero-order valence-electron chi connectivity index (χ0n) is 13.4. The number of halogens is 1. The van der Waals surface area contributed by atoms with Crippen molar-refractivity contribution in [3.8, 4) is 5.75 Å². The molecule has 1 N–H and O–H groups in total. The molecule has 0 heterocycles. The second-order valence-corrected chi connectivity index (χ2v) is 5.90. The number of likely N-dealkylation sites (N-methyl/N-ethyl adjacent to an activating group) is 1. The molecule has 0 aliphatic carbocycles. The van der Waals surface area contributed by atoms with E-state index in [-0.39, 0.29) is 24.7 Å². The van der Waals surface area contributed by atoms with E-state index in [1.165, 1.54) is 6.07 Å². The molecule has 0 atom stereocenters. The third kappa shape index (κ3) is 4.26. The van der Waals surface area contributed by atoms with Gasteiger partial charge in [-0.3, -0.25) is 4.79 Å². The zero-order chi connectivity index (χ0) is 17.0. The van der Waals surface area contributed by atoms with Gasteiger partial charge >= 0.3 is 0 Å². The lowest BCUT2D eigenvalue weighted by atomic mass is 10.00. The molecule has 0 aromatic heterocycles. The molecule has 0 saturated carbocycles. The molecule has 2 rings (SSSR count). The number of nitrogens with one attached hydrogen (secondary N) is 1. The number of rotatable bonds is 5. The van der Waals surface area contributed by atoms with Gasteiger partial charge in [0.15, 0.2) is 11.6 Å². The number of carbonyl (C=O) groups is 1. The van der Waals surface area contributed by atoms with Crippen LogP contribution < -0.4 is 10.1 Å². The van der Waals surface area contributed by atoms with E-state index < -0.39 is 5.82 Å². The van der Waals surface area contributed by atoms with E-state index in [1.54, 1.807) is 13.1 Å². The SMILES string of the molecule is CNC(=O)Cc1cccc(C)c1COc1cc(C)c(S)cc1F. The van der Waals surface area contributed by atoms with Gasteiger partial charge < -0.3 is 10.1 Å². The van der Waals surface area contributed by atoms with E-state index in [1.807, 2.05) is 32.0 Å². The van der Waals surface area contributed by atoms with E-state index in [9.17, 15) is 9.18 Å². The van der Waals surface area contributed by atoms with Crippen LogP contribution in [-0.2, 0) is 17.8 Å². The summed E-state index contributed by atoms with van der Waals surface area (Å²) in [5.41, 5.74) is 3.64. The Hall–Kier alpha value is -2.01. The highest BCUT2D eigenvalue weighted by Gasteiger charge is 2.12.